The lowest BCUT2D eigenvalue weighted by molar-refractivity contribution is -0.178. The summed E-state index contributed by atoms with van der Waals surface area (Å²) >= 11 is 0. The van der Waals surface area contributed by atoms with Crippen LogP contribution in [0, 0.1) is 10.8 Å². The maximum Gasteiger partial charge on any atom is 0.315 e. The molecule has 0 spiro atoms. The van der Waals surface area contributed by atoms with Crippen LogP contribution in [0.4, 0.5) is 0 Å². The van der Waals surface area contributed by atoms with Crippen molar-refractivity contribution >= 4 is 5.97 Å². The highest BCUT2D eigenvalue weighted by Gasteiger charge is 2.45. The molecule has 2 N–H and O–H groups in total. The quantitative estimate of drug-likeness (QED) is 0.675. The molecule has 0 aromatic heterocycles. The van der Waals surface area contributed by atoms with Gasteiger partial charge in [0, 0.05) is 6.54 Å². The number of rotatable bonds is 5. The SMILES string of the molecule is CC(C)(C)CCNCC1(C(=O)O)COC1. The largest absolute Gasteiger partial charge is 0.481 e. The second kappa shape index (κ2) is 4.49. The fourth-order valence-corrected chi connectivity index (χ4v) is 1.44. The summed E-state index contributed by atoms with van der Waals surface area (Å²) in [4.78, 5) is 11.0. The smallest absolute Gasteiger partial charge is 0.315 e. The van der Waals surface area contributed by atoms with Crippen molar-refractivity contribution in [3.05, 3.63) is 0 Å². The van der Waals surface area contributed by atoms with E-state index in [4.69, 9.17) is 9.84 Å². The average Bonchev–Trinajstić information content (AvgIpc) is 1.98. The third-order valence-corrected chi connectivity index (χ3v) is 2.73. The molecule has 0 aromatic rings. The molecular weight excluding hydrogens is 194 g/mol. The van der Waals surface area contributed by atoms with Crippen molar-refractivity contribution in [2.75, 3.05) is 26.3 Å². The molecule has 0 bridgehead atoms. The van der Waals surface area contributed by atoms with E-state index in [1.807, 2.05) is 0 Å². The highest BCUT2D eigenvalue weighted by molar-refractivity contribution is 5.76. The third kappa shape index (κ3) is 3.47. The summed E-state index contributed by atoms with van der Waals surface area (Å²) in [6, 6.07) is 0. The van der Waals surface area contributed by atoms with Crippen LogP contribution in [0.25, 0.3) is 0 Å². The fourth-order valence-electron chi connectivity index (χ4n) is 1.44. The Labute approximate surface area is 91.0 Å². The zero-order valence-corrected chi connectivity index (χ0v) is 9.80. The molecule has 15 heavy (non-hydrogen) atoms. The van der Waals surface area contributed by atoms with E-state index in [9.17, 15) is 4.79 Å². The average molecular weight is 215 g/mol. The van der Waals surface area contributed by atoms with Gasteiger partial charge in [0.25, 0.3) is 0 Å². The first-order chi connectivity index (χ1) is 6.86. The van der Waals surface area contributed by atoms with Crippen molar-refractivity contribution in [3.8, 4) is 0 Å². The molecule has 0 amide bonds. The molecular formula is C11H21NO3. The molecule has 0 atom stereocenters. The zero-order chi connectivity index (χ0) is 11.5. The third-order valence-electron chi connectivity index (χ3n) is 2.73. The van der Waals surface area contributed by atoms with Gasteiger partial charge in [-0.15, -0.1) is 0 Å². The summed E-state index contributed by atoms with van der Waals surface area (Å²) < 4.78 is 4.98. The van der Waals surface area contributed by atoms with E-state index in [0.717, 1.165) is 13.0 Å². The van der Waals surface area contributed by atoms with Crippen LogP contribution >= 0.6 is 0 Å². The van der Waals surface area contributed by atoms with E-state index >= 15 is 0 Å². The first kappa shape index (κ1) is 12.5. The van der Waals surface area contributed by atoms with Crippen molar-refractivity contribution in [2.24, 2.45) is 10.8 Å². The summed E-state index contributed by atoms with van der Waals surface area (Å²) in [6.07, 6.45) is 1.05. The van der Waals surface area contributed by atoms with Crippen LogP contribution in [0.3, 0.4) is 0 Å². The Morgan fingerprint density at radius 3 is 2.40 bits per heavy atom. The van der Waals surface area contributed by atoms with Crippen molar-refractivity contribution in [2.45, 2.75) is 27.2 Å². The Bertz CT molecular complexity index is 228. The van der Waals surface area contributed by atoms with E-state index in [0.29, 0.717) is 25.2 Å². The Morgan fingerprint density at radius 1 is 1.47 bits per heavy atom. The highest BCUT2D eigenvalue weighted by Crippen LogP contribution is 2.27. The van der Waals surface area contributed by atoms with Gasteiger partial charge in [0.2, 0.25) is 0 Å². The summed E-state index contributed by atoms with van der Waals surface area (Å²) in [7, 11) is 0. The van der Waals surface area contributed by atoms with Gasteiger partial charge in [-0.2, -0.15) is 0 Å². The lowest BCUT2D eigenvalue weighted by Crippen LogP contribution is -2.55. The Kier molecular flexibility index (Phi) is 3.73. The second-order valence-corrected chi connectivity index (χ2v) is 5.57. The molecule has 0 aromatic carbocycles. The van der Waals surface area contributed by atoms with E-state index < -0.39 is 11.4 Å². The number of carbonyl (C=O) groups is 1. The van der Waals surface area contributed by atoms with Crippen LogP contribution in [-0.4, -0.2) is 37.4 Å². The molecule has 4 nitrogen and oxygen atoms in total. The van der Waals surface area contributed by atoms with Crippen LogP contribution < -0.4 is 5.32 Å². The van der Waals surface area contributed by atoms with Gasteiger partial charge in [0.05, 0.1) is 13.2 Å². The van der Waals surface area contributed by atoms with Gasteiger partial charge in [0.15, 0.2) is 0 Å². The minimum atomic E-state index is -0.753. The normalized spacial score (nSPS) is 19.7. The van der Waals surface area contributed by atoms with Crippen molar-refractivity contribution in [3.63, 3.8) is 0 Å². The lowest BCUT2D eigenvalue weighted by atomic mass is 9.85. The minimum Gasteiger partial charge on any atom is -0.481 e. The Balaban J connectivity index is 2.22. The van der Waals surface area contributed by atoms with Crippen LogP contribution in [0.2, 0.25) is 0 Å². The molecule has 1 heterocycles. The molecule has 0 aliphatic carbocycles. The summed E-state index contributed by atoms with van der Waals surface area (Å²) in [5.41, 5.74) is -0.378. The zero-order valence-electron chi connectivity index (χ0n) is 9.80. The van der Waals surface area contributed by atoms with Gasteiger partial charge in [-0.3, -0.25) is 4.79 Å². The van der Waals surface area contributed by atoms with E-state index in [-0.39, 0.29) is 0 Å². The Hall–Kier alpha value is -0.610. The summed E-state index contributed by atoms with van der Waals surface area (Å²) in [5.74, 6) is -0.753. The summed E-state index contributed by atoms with van der Waals surface area (Å²) in [5, 5.41) is 12.2. The highest BCUT2D eigenvalue weighted by atomic mass is 16.5. The molecule has 0 saturated carbocycles. The first-order valence-corrected chi connectivity index (χ1v) is 5.38. The van der Waals surface area contributed by atoms with E-state index in [1.54, 1.807) is 0 Å². The molecule has 1 saturated heterocycles. The van der Waals surface area contributed by atoms with Crippen LogP contribution in [0.1, 0.15) is 27.2 Å². The number of hydrogen-bond donors (Lipinski definition) is 2. The van der Waals surface area contributed by atoms with Crippen molar-refractivity contribution < 1.29 is 14.6 Å². The van der Waals surface area contributed by atoms with E-state index in [1.165, 1.54) is 0 Å². The molecule has 4 heteroatoms. The number of hydrogen-bond acceptors (Lipinski definition) is 3. The number of ether oxygens (including phenoxy) is 1. The number of aliphatic carboxylic acids is 1. The fraction of sp³-hybridized carbons (Fsp3) is 0.909. The van der Waals surface area contributed by atoms with Gasteiger partial charge in [0.1, 0.15) is 5.41 Å². The minimum absolute atomic E-state index is 0.291. The van der Waals surface area contributed by atoms with Gasteiger partial charge in [-0.05, 0) is 18.4 Å². The maximum absolute atomic E-state index is 11.0. The van der Waals surface area contributed by atoms with Gasteiger partial charge in [-0.1, -0.05) is 20.8 Å². The maximum atomic E-state index is 11.0. The predicted molar refractivity (Wildman–Crippen MR) is 57.8 cm³/mol. The molecule has 0 unspecified atom stereocenters. The van der Waals surface area contributed by atoms with Crippen LogP contribution in [0.15, 0.2) is 0 Å². The molecule has 1 fully saturated rings. The van der Waals surface area contributed by atoms with Crippen molar-refractivity contribution in [1.82, 2.24) is 5.32 Å². The van der Waals surface area contributed by atoms with Crippen LogP contribution in [-0.2, 0) is 9.53 Å². The van der Waals surface area contributed by atoms with Gasteiger partial charge < -0.3 is 15.2 Å². The van der Waals surface area contributed by atoms with E-state index in [2.05, 4.69) is 26.1 Å². The first-order valence-electron chi connectivity index (χ1n) is 5.38. The van der Waals surface area contributed by atoms with Crippen LogP contribution in [0.5, 0.6) is 0 Å². The van der Waals surface area contributed by atoms with Crippen molar-refractivity contribution in [1.29, 1.82) is 0 Å². The van der Waals surface area contributed by atoms with Gasteiger partial charge in [-0.25, -0.2) is 0 Å². The number of carboxylic acids is 1. The monoisotopic (exact) mass is 215 g/mol. The molecule has 88 valence electrons. The number of carboxylic acid groups (broad SMARTS) is 1. The molecule has 0 radical (unpaired) electrons. The summed E-state index contributed by atoms with van der Waals surface area (Å²) in [6.45, 7) is 8.57. The number of nitrogens with one attached hydrogen (secondary N) is 1. The lowest BCUT2D eigenvalue weighted by Gasteiger charge is -2.37. The molecule has 1 aliphatic heterocycles. The standard InChI is InChI=1S/C11H21NO3/c1-10(2,3)4-5-12-6-11(9(13)14)7-15-8-11/h12H,4-8H2,1-3H3,(H,13,14). The van der Waals surface area contributed by atoms with Gasteiger partial charge >= 0.3 is 5.97 Å². The second-order valence-electron chi connectivity index (χ2n) is 5.57. The molecule has 1 aliphatic rings. The predicted octanol–water partition coefficient (Wildman–Crippen LogP) is 1.11. The molecule has 1 rings (SSSR count). The topological polar surface area (TPSA) is 58.6 Å². The Morgan fingerprint density at radius 2 is 2.07 bits per heavy atom.